The lowest BCUT2D eigenvalue weighted by molar-refractivity contribution is -0.121. The van der Waals surface area contributed by atoms with Crippen LogP contribution in [0.4, 0.5) is 5.69 Å². The number of benzene rings is 2. The molecular formula is C21H17NO6. The van der Waals surface area contributed by atoms with E-state index >= 15 is 0 Å². The Balaban J connectivity index is 1.43. The Hall–Kier alpha value is -3.48. The Labute approximate surface area is 160 Å². The molecule has 4 rings (SSSR count). The van der Waals surface area contributed by atoms with Gasteiger partial charge >= 0.3 is 5.97 Å². The van der Waals surface area contributed by atoms with Crippen LogP contribution in [0.1, 0.15) is 39.1 Å². The lowest BCUT2D eigenvalue weighted by atomic mass is 10.1. The first-order valence-electron chi connectivity index (χ1n) is 8.95. The first kappa shape index (κ1) is 17.9. The molecule has 2 amide bonds. The monoisotopic (exact) mass is 379 g/mol. The number of carbonyl (C=O) groups is 4. The number of ether oxygens (including phenoxy) is 2. The highest BCUT2D eigenvalue weighted by Crippen LogP contribution is 2.26. The number of rotatable bonds is 5. The van der Waals surface area contributed by atoms with E-state index in [2.05, 4.69) is 0 Å². The van der Waals surface area contributed by atoms with Crippen LogP contribution < -0.4 is 9.64 Å². The minimum Gasteiger partial charge on any atom is -0.493 e. The lowest BCUT2D eigenvalue weighted by Gasteiger charge is -2.14. The average molecular weight is 379 g/mol. The molecule has 2 heterocycles. The molecule has 0 aromatic heterocycles. The van der Waals surface area contributed by atoms with Crippen molar-refractivity contribution in [2.24, 2.45) is 0 Å². The summed E-state index contributed by atoms with van der Waals surface area (Å²) < 4.78 is 10.5. The first-order chi connectivity index (χ1) is 13.5. The highest BCUT2D eigenvalue weighted by Gasteiger charge is 2.30. The van der Waals surface area contributed by atoms with Gasteiger partial charge in [-0.05, 0) is 42.0 Å². The Bertz CT molecular complexity index is 980. The Morgan fingerprint density at radius 1 is 0.964 bits per heavy atom. The minimum absolute atomic E-state index is 0.161. The van der Waals surface area contributed by atoms with E-state index in [1.165, 1.54) is 12.1 Å². The Morgan fingerprint density at radius 3 is 2.54 bits per heavy atom. The molecule has 0 radical (unpaired) electrons. The molecule has 0 atom stereocenters. The van der Waals surface area contributed by atoms with Crippen LogP contribution in [0, 0.1) is 0 Å². The molecule has 0 aliphatic carbocycles. The molecule has 1 fully saturated rings. The second-order valence-electron chi connectivity index (χ2n) is 6.59. The maximum absolute atomic E-state index is 12.3. The van der Waals surface area contributed by atoms with Gasteiger partial charge in [0.1, 0.15) is 5.75 Å². The summed E-state index contributed by atoms with van der Waals surface area (Å²) in [6, 6.07) is 11.2. The summed E-state index contributed by atoms with van der Waals surface area (Å²) in [7, 11) is 0. The van der Waals surface area contributed by atoms with E-state index < -0.39 is 12.6 Å². The van der Waals surface area contributed by atoms with Crippen molar-refractivity contribution in [3.8, 4) is 5.75 Å². The Kier molecular flexibility index (Phi) is 4.65. The fraction of sp³-hybridized carbons (Fsp3) is 0.238. The van der Waals surface area contributed by atoms with Crippen molar-refractivity contribution in [1.82, 2.24) is 0 Å². The van der Waals surface area contributed by atoms with E-state index in [1.807, 2.05) is 0 Å². The average Bonchev–Trinajstić information content (AvgIpc) is 3.31. The van der Waals surface area contributed by atoms with Gasteiger partial charge in [0.2, 0.25) is 11.8 Å². The van der Waals surface area contributed by atoms with Crippen molar-refractivity contribution in [3.63, 3.8) is 0 Å². The summed E-state index contributed by atoms with van der Waals surface area (Å²) in [6.45, 7) is 0.199. The van der Waals surface area contributed by atoms with E-state index in [-0.39, 0.29) is 36.0 Å². The summed E-state index contributed by atoms with van der Waals surface area (Å²) in [5.41, 5.74) is 1.91. The van der Waals surface area contributed by atoms with Crippen molar-refractivity contribution in [2.45, 2.75) is 19.3 Å². The number of amides is 2. The van der Waals surface area contributed by atoms with Crippen molar-refractivity contribution >= 4 is 29.3 Å². The number of hydrogen-bond donors (Lipinski definition) is 0. The number of nitrogens with zero attached hydrogens (tertiary/aromatic N) is 1. The molecule has 0 unspecified atom stereocenters. The highest BCUT2D eigenvalue weighted by molar-refractivity contribution is 6.20. The van der Waals surface area contributed by atoms with Gasteiger partial charge in [0.15, 0.2) is 12.4 Å². The third-order valence-corrected chi connectivity index (χ3v) is 4.74. The quantitative estimate of drug-likeness (QED) is 0.450. The van der Waals surface area contributed by atoms with E-state index in [9.17, 15) is 19.2 Å². The van der Waals surface area contributed by atoms with E-state index in [0.29, 0.717) is 17.9 Å². The molecule has 7 nitrogen and oxygen atoms in total. The van der Waals surface area contributed by atoms with Gasteiger partial charge in [-0.15, -0.1) is 0 Å². The summed E-state index contributed by atoms with van der Waals surface area (Å²) in [4.78, 5) is 49.4. The van der Waals surface area contributed by atoms with Gasteiger partial charge in [0.05, 0.1) is 17.9 Å². The maximum Gasteiger partial charge on any atom is 0.338 e. The van der Waals surface area contributed by atoms with Gasteiger partial charge < -0.3 is 9.47 Å². The van der Waals surface area contributed by atoms with Gasteiger partial charge in [-0.1, -0.05) is 6.07 Å². The molecule has 2 aromatic rings. The fourth-order valence-electron chi connectivity index (χ4n) is 3.29. The molecule has 0 bridgehead atoms. The standard InChI is InChI=1S/C21H17NO6/c23-17(13-4-5-18-14(10-13)8-9-27-18)12-28-21(26)15-2-1-3-16(11-15)22-19(24)6-7-20(22)25/h1-5,10-11H,6-9,12H2. The van der Waals surface area contributed by atoms with Gasteiger partial charge in [0, 0.05) is 24.8 Å². The van der Waals surface area contributed by atoms with Crippen LogP contribution in [-0.4, -0.2) is 36.8 Å². The van der Waals surface area contributed by atoms with Crippen LogP contribution >= 0.6 is 0 Å². The van der Waals surface area contributed by atoms with Gasteiger partial charge in [-0.25, -0.2) is 4.79 Å². The number of fused-ring (bicyclic) bond motifs is 1. The van der Waals surface area contributed by atoms with Crippen LogP contribution in [0.5, 0.6) is 5.75 Å². The summed E-state index contributed by atoms with van der Waals surface area (Å²) in [6.07, 6.45) is 1.07. The number of esters is 1. The summed E-state index contributed by atoms with van der Waals surface area (Å²) >= 11 is 0. The van der Waals surface area contributed by atoms with E-state index in [1.54, 1.807) is 30.3 Å². The SMILES string of the molecule is O=C(COC(=O)c1cccc(N2C(=O)CCC2=O)c1)c1ccc2c(c1)CCO2. The third-order valence-electron chi connectivity index (χ3n) is 4.74. The predicted molar refractivity (Wildman–Crippen MR) is 98.4 cm³/mol. The summed E-state index contributed by atoms with van der Waals surface area (Å²) in [5, 5.41) is 0. The number of hydrogen-bond acceptors (Lipinski definition) is 6. The topological polar surface area (TPSA) is 90.0 Å². The zero-order valence-electron chi connectivity index (χ0n) is 15.0. The number of ketones is 1. The zero-order chi connectivity index (χ0) is 19.7. The van der Waals surface area contributed by atoms with Crippen LogP contribution in [-0.2, 0) is 20.7 Å². The molecule has 0 N–H and O–H groups in total. The van der Waals surface area contributed by atoms with E-state index in [0.717, 1.165) is 22.6 Å². The Morgan fingerprint density at radius 2 is 1.75 bits per heavy atom. The minimum atomic E-state index is -0.696. The predicted octanol–water partition coefficient (Wildman–Crippen LogP) is 2.31. The normalized spacial score (nSPS) is 15.4. The van der Waals surface area contributed by atoms with Crippen molar-refractivity contribution in [2.75, 3.05) is 18.1 Å². The second kappa shape index (κ2) is 7.26. The molecule has 7 heteroatoms. The molecule has 0 spiro atoms. The van der Waals surface area contributed by atoms with Crippen LogP contribution in [0.25, 0.3) is 0 Å². The molecule has 2 aromatic carbocycles. The fourth-order valence-corrected chi connectivity index (χ4v) is 3.29. The van der Waals surface area contributed by atoms with Crippen LogP contribution in [0.3, 0.4) is 0 Å². The van der Waals surface area contributed by atoms with Gasteiger partial charge in [0.25, 0.3) is 0 Å². The van der Waals surface area contributed by atoms with Gasteiger partial charge in [-0.2, -0.15) is 0 Å². The highest BCUT2D eigenvalue weighted by atomic mass is 16.5. The third kappa shape index (κ3) is 3.38. The van der Waals surface area contributed by atoms with Crippen molar-refractivity contribution in [1.29, 1.82) is 0 Å². The first-order valence-corrected chi connectivity index (χ1v) is 8.95. The molecular weight excluding hydrogens is 362 g/mol. The van der Waals surface area contributed by atoms with Crippen molar-refractivity contribution in [3.05, 3.63) is 59.2 Å². The number of carbonyl (C=O) groups excluding carboxylic acids is 4. The number of imide groups is 1. The largest absolute Gasteiger partial charge is 0.493 e. The molecule has 28 heavy (non-hydrogen) atoms. The van der Waals surface area contributed by atoms with Crippen LogP contribution in [0.2, 0.25) is 0 Å². The van der Waals surface area contributed by atoms with Gasteiger partial charge in [-0.3, -0.25) is 19.3 Å². The van der Waals surface area contributed by atoms with E-state index in [4.69, 9.17) is 9.47 Å². The van der Waals surface area contributed by atoms with Crippen LogP contribution in [0.15, 0.2) is 42.5 Å². The molecule has 2 aliphatic rings. The zero-order valence-corrected chi connectivity index (χ0v) is 15.0. The number of anilines is 1. The number of Topliss-reactive ketones (excluding diaryl/α,β-unsaturated/α-hetero) is 1. The lowest BCUT2D eigenvalue weighted by Crippen LogP contribution is -2.28. The molecule has 142 valence electrons. The summed E-state index contributed by atoms with van der Waals surface area (Å²) in [5.74, 6) is -0.836. The second-order valence-corrected chi connectivity index (χ2v) is 6.59. The molecule has 1 saturated heterocycles. The maximum atomic E-state index is 12.3. The molecule has 0 saturated carbocycles. The van der Waals surface area contributed by atoms with Crippen molar-refractivity contribution < 1.29 is 28.7 Å². The smallest absolute Gasteiger partial charge is 0.338 e. The molecule has 2 aliphatic heterocycles.